The molecule has 0 bridgehead atoms. The fourth-order valence-electron chi connectivity index (χ4n) is 1.84. The van der Waals surface area contributed by atoms with Gasteiger partial charge in [-0.15, -0.1) is 0 Å². The number of alkyl carbamates (subject to hydrolysis) is 1. The first kappa shape index (κ1) is 15.4. The van der Waals surface area contributed by atoms with Crippen molar-refractivity contribution in [3.05, 3.63) is 0 Å². The summed E-state index contributed by atoms with van der Waals surface area (Å²) < 4.78 is 4.95. The Morgan fingerprint density at radius 1 is 1.37 bits per heavy atom. The zero-order chi connectivity index (χ0) is 14.6. The van der Waals surface area contributed by atoms with E-state index in [-0.39, 0.29) is 6.54 Å². The van der Waals surface area contributed by atoms with E-state index in [0.29, 0.717) is 19.5 Å². The highest BCUT2D eigenvalue weighted by Crippen LogP contribution is 2.15. The molecule has 1 fully saturated rings. The van der Waals surface area contributed by atoms with Gasteiger partial charge < -0.3 is 9.84 Å². The lowest BCUT2D eigenvalue weighted by Crippen LogP contribution is -2.41. The number of hydrogen-bond donors (Lipinski definition) is 2. The van der Waals surface area contributed by atoms with Crippen molar-refractivity contribution in [2.75, 3.05) is 19.6 Å². The third kappa shape index (κ3) is 5.69. The Morgan fingerprint density at radius 2 is 2.00 bits per heavy atom. The summed E-state index contributed by atoms with van der Waals surface area (Å²) in [6, 6.07) is 0. The normalized spacial score (nSPS) is 20.1. The van der Waals surface area contributed by atoms with Crippen LogP contribution in [-0.2, 0) is 14.3 Å². The molecule has 0 saturated carbocycles. The quantitative estimate of drug-likeness (QED) is 0.774. The molecule has 1 aliphatic heterocycles. The van der Waals surface area contributed by atoms with Crippen LogP contribution in [0.1, 0.15) is 27.2 Å². The number of carboxylic acid groups (broad SMARTS) is 1. The molecular formula is C12H20N2O5. The topological polar surface area (TPSA) is 95.9 Å². The second-order valence-electron chi connectivity index (χ2n) is 5.61. The standard InChI is InChI=1S/C12H20N2O5/c1-12(2,3)19-11(18)13-9(15)7-14-5-4-8(6-14)10(16)17/h8H,4-7H2,1-3H3,(H,16,17)(H,13,15,18). The van der Waals surface area contributed by atoms with E-state index in [0.717, 1.165) is 0 Å². The van der Waals surface area contributed by atoms with Gasteiger partial charge in [-0.25, -0.2) is 4.79 Å². The zero-order valence-corrected chi connectivity index (χ0v) is 11.4. The Hall–Kier alpha value is -1.63. The first-order chi connectivity index (χ1) is 8.67. The van der Waals surface area contributed by atoms with E-state index in [1.54, 1.807) is 25.7 Å². The molecule has 0 aromatic heterocycles. The van der Waals surface area contributed by atoms with E-state index >= 15 is 0 Å². The second kappa shape index (κ2) is 6.01. The molecular weight excluding hydrogens is 252 g/mol. The minimum absolute atomic E-state index is 0.00300. The highest BCUT2D eigenvalue weighted by Gasteiger charge is 2.29. The van der Waals surface area contributed by atoms with Gasteiger partial charge in [0.2, 0.25) is 5.91 Å². The summed E-state index contributed by atoms with van der Waals surface area (Å²) in [5.41, 5.74) is -0.660. The number of hydrogen-bond acceptors (Lipinski definition) is 5. The Bertz CT molecular complexity index is 375. The van der Waals surface area contributed by atoms with Crippen LogP contribution in [0, 0.1) is 5.92 Å². The number of aliphatic carboxylic acids is 1. The lowest BCUT2D eigenvalue weighted by Gasteiger charge is -2.20. The van der Waals surface area contributed by atoms with Crippen molar-refractivity contribution in [3.8, 4) is 0 Å². The van der Waals surface area contributed by atoms with E-state index < -0.39 is 29.5 Å². The van der Waals surface area contributed by atoms with Crippen LogP contribution in [0.3, 0.4) is 0 Å². The third-order valence-electron chi connectivity index (χ3n) is 2.63. The third-order valence-corrected chi connectivity index (χ3v) is 2.63. The van der Waals surface area contributed by atoms with Crippen molar-refractivity contribution < 1.29 is 24.2 Å². The molecule has 7 nitrogen and oxygen atoms in total. The predicted octanol–water partition coefficient (Wildman–Crippen LogP) is 0.444. The maximum atomic E-state index is 11.6. The van der Waals surface area contributed by atoms with Gasteiger partial charge in [-0.3, -0.25) is 19.8 Å². The molecule has 0 aromatic carbocycles. The number of carboxylic acids is 1. The van der Waals surface area contributed by atoms with Crippen LogP contribution in [-0.4, -0.2) is 53.2 Å². The number of nitrogens with one attached hydrogen (secondary N) is 1. The van der Waals surface area contributed by atoms with E-state index in [1.165, 1.54) is 0 Å². The SMILES string of the molecule is CC(C)(C)OC(=O)NC(=O)CN1CCC(C(=O)O)C1. The summed E-state index contributed by atoms with van der Waals surface area (Å²) >= 11 is 0. The largest absolute Gasteiger partial charge is 0.481 e. The number of carbonyl (C=O) groups excluding carboxylic acids is 2. The number of imide groups is 1. The summed E-state index contributed by atoms with van der Waals surface area (Å²) in [7, 11) is 0. The molecule has 7 heteroatoms. The van der Waals surface area contributed by atoms with Crippen LogP contribution < -0.4 is 5.32 Å². The summed E-state index contributed by atoms with van der Waals surface area (Å²) in [5, 5.41) is 11.0. The van der Waals surface area contributed by atoms with Crippen molar-refractivity contribution >= 4 is 18.0 Å². The van der Waals surface area contributed by atoms with E-state index in [1.807, 2.05) is 0 Å². The Morgan fingerprint density at radius 3 is 2.47 bits per heavy atom. The molecule has 1 heterocycles. The van der Waals surface area contributed by atoms with Crippen molar-refractivity contribution in [2.45, 2.75) is 32.8 Å². The molecule has 1 unspecified atom stereocenters. The molecule has 0 aliphatic carbocycles. The molecule has 108 valence electrons. The Labute approximate surface area is 111 Å². The number of ether oxygens (including phenoxy) is 1. The number of rotatable bonds is 3. The van der Waals surface area contributed by atoms with Crippen LogP contribution in [0.15, 0.2) is 0 Å². The molecule has 19 heavy (non-hydrogen) atoms. The Balaban J connectivity index is 2.33. The predicted molar refractivity (Wildman–Crippen MR) is 66.6 cm³/mol. The van der Waals surface area contributed by atoms with Crippen molar-refractivity contribution in [2.24, 2.45) is 5.92 Å². The van der Waals surface area contributed by atoms with E-state index in [9.17, 15) is 14.4 Å². The number of likely N-dealkylation sites (tertiary alicyclic amines) is 1. The van der Waals surface area contributed by atoms with Gasteiger partial charge in [0.1, 0.15) is 5.60 Å². The number of amides is 2. The van der Waals surface area contributed by atoms with Gasteiger partial charge in [-0.1, -0.05) is 0 Å². The van der Waals surface area contributed by atoms with Gasteiger partial charge in [0.25, 0.3) is 0 Å². The van der Waals surface area contributed by atoms with Gasteiger partial charge in [-0.05, 0) is 33.7 Å². The number of nitrogens with zero attached hydrogens (tertiary/aromatic N) is 1. The van der Waals surface area contributed by atoms with Crippen LogP contribution in [0.25, 0.3) is 0 Å². The highest BCUT2D eigenvalue weighted by molar-refractivity contribution is 5.93. The Kier molecular flexibility index (Phi) is 4.88. The summed E-state index contributed by atoms with van der Waals surface area (Å²) in [5.74, 6) is -1.77. The van der Waals surface area contributed by atoms with Crippen LogP contribution in [0.4, 0.5) is 4.79 Å². The molecule has 2 amide bonds. The van der Waals surface area contributed by atoms with Gasteiger partial charge in [0.05, 0.1) is 12.5 Å². The van der Waals surface area contributed by atoms with Crippen LogP contribution >= 0.6 is 0 Å². The van der Waals surface area contributed by atoms with Gasteiger partial charge in [-0.2, -0.15) is 0 Å². The smallest absolute Gasteiger partial charge is 0.414 e. The maximum Gasteiger partial charge on any atom is 0.414 e. The van der Waals surface area contributed by atoms with Gasteiger partial charge >= 0.3 is 12.1 Å². The van der Waals surface area contributed by atoms with Crippen LogP contribution in [0.2, 0.25) is 0 Å². The van der Waals surface area contributed by atoms with Crippen molar-refractivity contribution in [3.63, 3.8) is 0 Å². The first-order valence-corrected chi connectivity index (χ1v) is 6.15. The highest BCUT2D eigenvalue weighted by atomic mass is 16.6. The minimum atomic E-state index is -0.852. The van der Waals surface area contributed by atoms with Crippen molar-refractivity contribution in [1.29, 1.82) is 0 Å². The minimum Gasteiger partial charge on any atom is -0.481 e. The average Bonchev–Trinajstić information content (AvgIpc) is 2.62. The summed E-state index contributed by atoms with van der Waals surface area (Å²) in [6.45, 7) is 5.98. The lowest BCUT2D eigenvalue weighted by atomic mass is 10.1. The van der Waals surface area contributed by atoms with E-state index in [4.69, 9.17) is 9.84 Å². The molecule has 0 spiro atoms. The molecule has 1 saturated heterocycles. The fraction of sp³-hybridized carbons (Fsp3) is 0.750. The van der Waals surface area contributed by atoms with Gasteiger partial charge in [0, 0.05) is 6.54 Å². The van der Waals surface area contributed by atoms with Crippen LogP contribution in [0.5, 0.6) is 0 Å². The van der Waals surface area contributed by atoms with E-state index in [2.05, 4.69) is 5.32 Å². The number of carbonyl (C=O) groups is 3. The van der Waals surface area contributed by atoms with Crippen molar-refractivity contribution in [1.82, 2.24) is 10.2 Å². The summed E-state index contributed by atoms with van der Waals surface area (Å²) in [4.78, 5) is 35.4. The van der Waals surface area contributed by atoms with Gasteiger partial charge in [0.15, 0.2) is 0 Å². The molecule has 0 radical (unpaired) electrons. The second-order valence-corrected chi connectivity index (χ2v) is 5.61. The first-order valence-electron chi connectivity index (χ1n) is 6.15. The average molecular weight is 272 g/mol. The summed E-state index contributed by atoms with van der Waals surface area (Å²) in [6.07, 6.45) is -0.263. The molecule has 1 atom stereocenters. The lowest BCUT2D eigenvalue weighted by molar-refractivity contribution is -0.141. The molecule has 1 aliphatic rings. The molecule has 0 aromatic rings. The fourth-order valence-corrected chi connectivity index (χ4v) is 1.84. The maximum absolute atomic E-state index is 11.6. The monoisotopic (exact) mass is 272 g/mol. The molecule has 2 N–H and O–H groups in total. The zero-order valence-electron chi connectivity index (χ0n) is 11.4. The molecule has 1 rings (SSSR count).